The third-order valence-corrected chi connectivity index (χ3v) is 6.60. The van der Waals surface area contributed by atoms with Crippen molar-refractivity contribution in [3.63, 3.8) is 0 Å². The molecule has 1 heterocycles. The Bertz CT molecular complexity index is 955. The number of esters is 1. The van der Waals surface area contributed by atoms with E-state index in [4.69, 9.17) is 20.8 Å². The van der Waals surface area contributed by atoms with Gasteiger partial charge in [0.05, 0.1) is 28.3 Å². The maximum absolute atomic E-state index is 12.6. The number of hydrogen-bond acceptors (Lipinski definition) is 6. The third kappa shape index (κ3) is 5.59. The highest BCUT2D eigenvalue weighted by Crippen LogP contribution is 2.23. The molecule has 1 aromatic heterocycles. The molecule has 1 amide bonds. The highest BCUT2D eigenvalue weighted by atomic mass is 35.5. The van der Waals surface area contributed by atoms with E-state index in [-0.39, 0.29) is 35.1 Å². The second-order valence-corrected chi connectivity index (χ2v) is 8.48. The van der Waals surface area contributed by atoms with E-state index in [0.29, 0.717) is 5.76 Å². The normalized spacial score (nSPS) is 11.5. The topological polar surface area (TPSA) is 97.1 Å². The Kier molecular flexibility index (Phi) is 7.83. The van der Waals surface area contributed by atoms with Gasteiger partial charge in [0.15, 0.2) is 6.61 Å². The highest BCUT2D eigenvalue weighted by Gasteiger charge is 2.24. The number of halogens is 1. The number of ether oxygens (including phenoxy) is 1. The second kappa shape index (κ2) is 9.91. The fraction of sp³-hybridized carbons (Fsp3) is 0.368. The van der Waals surface area contributed by atoms with Crippen molar-refractivity contribution in [3.8, 4) is 0 Å². The van der Waals surface area contributed by atoms with Crippen LogP contribution in [0.15, 0.2) is 45.9 Å². The van der Waals surface area contributed by atoms with Gasteiger partial charge in [-0.15, -0.1) is 0 Å². The van der Waals surface area contributed by atoms with E-state index in [1.807, 2.05) is 0 Å². The molecule has 0 bridgehead atoms. The standard InChI is InChI=1S/C19H23ClN2O6S/c1-4-22(5-2)29(25,26)15-8-9-17(20)16(11-15)19(24)28-13-18(23)21(3)12-14-7-6-10-27-14/h6-11H,4-5,12-13H2,1-3H3. The molecule has 0 aliphatic rings. The average molecular weight is 443 g/mol. The van der Waals surface area contributed by atoms with Crippen molar-refractivity contribution in [2.45, 2.75) is 25.3 Å². The minimum Gasteiger partial charge on any atom is -0.467 e. The molecule has 0 unspecified atom stereocenters. The van der Waals surface area contributed by atoms with Gasteiger partial charge >= 0.3 is 5.97 Å². The molecule has 0 aliphatic heterocycles. The number of amides is 1. The van der Waals surface area contributed by atoms with Gasteiger partial charge in [0, 0.05) is 20.1 Å². The van der Waals surface area contributed by atoms with Gasteiger partial charge in [-0.25, -0.2) is 13.2 Å². The number of sulfonamides is 1. The summed E-state index contributed by atoms with van der Waals surface area (Å²) in [5.41, 5.74) is -0.124. The molecular weight excluding hydrogens is 420 g/mol. The molecule has 2 aromatic rings. The first-order chi connectivity index (χ1) is 13.7. The van der Waals surface area contributed by atoms with Crippen molar-refractivity contribution in [2.24, 2.45) is 0 Å². The first-order valence-corrected chi connectivity index (χ1v) is 10.8. The lowest BCUT2D eigenvalue weighted by Crippen LogP contribution is -2.31. The number of rotatable bonds is 9. The molecule has 0 fully saturated rings. The molecule has 0 spiro atoms. The van der Waals surface area contributed by atoms with Crippen LogP contribution in [-0.2, 0) is 26.1 Å². The Morgan fingerprint density at radius 2 is 1.86 bits per heavy atom. The number of furan rings is 1. The molecule has 0 radical (unpaired) electrons. The summed E-state index contributed by atoms with van der Waals surface area (Å²) in [5, 5.41) is 0.0323. The summed E-state index contributed by atoms with van der Waals surface area (Å²) < 4.78 is 36.8. The molecule has 10 heteroatoms. The van der Waals surface area contributed by atoms with Crippen molar-refractivity contribution in [2.75, 3.05) is 26.7 Å². The Morgan fingerprint density at radius 1 is 1.17 bits per heavy atom. The SMILES string of the molecule is CCN(CC)S(=O)(=O)c1ccc(Cl)c(C(=O)OCC(=O)N(C)Cc2ccco2)c1. The monoisotopic (exact) mass is 442 g/mol. The Morgan fingerprint density at radius 3 is 2.45 bits per heavy atom. The van der Waals surface area contributed by atoms with Crippen LogP contribution in [0.25, 0.3) is 0 Å². The average Bonchev–Trinajstić information content (AvgIpc) is 3.19. The lowest BCUT2D eigenvalue weighted by Gasteiger charge is -2.19. The molecule has 2 rings (SSSR count). The van der Waals surface area contributed by atoms with E-state index in [2.05, 4.69) is 0 Å². The summed E-state index contributed by atoms with van der Waals surface area (Å²) >= 11 is 6.04. The molecule has 0 saturated heterocycles. The zero-order valence-electron chi connectivity index (χ0n) is 16.4. The number of hydrogen-bond donors (Lipinski definition) is 0. The van der Waals surface area contributed by atoms with Crippen LogP contribution in [-0.4, -0.2) is 56.2 Å². The first-order valence-electron chi connectivity index (χ1n) is 8.93. The Balaban J connectivity index is 2.09. The van der Waals surface area contributed by atoms with E-state index in [9.17, 15) is 18.0 Å². The van der Waals surface area contributed by atoms with Crippen LogP contribution < -0.4 is 0 Å². The lowest BCUT2D eigenvalue weighted by atomic mass is 10.2. The van der Waals surface area contributed by atoms with Gasteiger partial charge < -0.3 is 14.1 Å². The second-order valence-electron chi connectivity index (χ2n) is 6.14. The van der Waals surface area contributed by atoms with Crippen molar-refractivity contribution in [1.29, 1.82) is 0 Å². The predicted octanol–water partition coefficient (Wildman–Crippen LogP) is 2.78. The number of carbonyl (C=O) groups is 2. The minimum atomic E-state index is -3.77. The summed E-state index contributed by atoms with van der Waals surface area (Å²) in [5.74, 6) is -0.742. The molecule has 29 heavy (non-hydrogen) atoms. The summed E-state index contributed by atoms with van der Waals surface area (Å²) in [6, 6.07) is 7.23. The molecular formula is C19H23ClN2O6S. The van der Waals surface area contributed by atoms with E-state index >= 15 is 0 Å². The van der Waals surface area contributed by atoms with Gasteiger partial charge in [0.1, 0.15) is 5.76 Å². The molecule has 8 nitrogen and oxygen atoms in total. The molecule has 0 N–H and O–H groups in total. The molecule has 0 aliphatic carbocycles. The molecule has 0 saturated carbocycles. The predicted molar refractivity (Wildman–Crippen MR) is 107 cm³/mol. The van der Waals surface area contributed by atoms with Gasteiger partial charge in [-0.2, -0.15) is 4.31 Å². The number of nitrogens with zero attached hydrogens (tertiary/aromatic N) is 2. The minimum absolute atomic E-state index is 0.0323. The van der Waals surface area contributed by atoms with E-state index in [1.165, 1.54) is 27.6 Å². The van der Waals surface area contributed by atoms with Crippen LogP contribution >= 0.6 is 11.6 Å². The van der Waals surface area contributed by atoms with Crippen molar-refractivity contribution in [1.82, 2.24) is 9.21 Å². The zero-order valence-corrected chi connectivity index (χ0v) is 18.0. The van der Waals surface area contributed by atoms with Gasteiger partial charge in [-0.05, 0) is 30.3 Å². The third-order valence-electron chi connectivity index (χ3n) is 4.23. The molecule has 1 aromatic carbocycles. The highest BCUT2D eigenvalue weighted by molar-refractivity contribution is 7.89. The summed E-state index contributed by atoms with van der Waals surface area (Å²) in [6.45, 7) is 3.73. The van der Waals surface area contributed by atoms with Crippen LogP contribution in [0, 0.1) is 0 Å². The van der Waals surface area contributed by atoms with Crippen molar-refractivity contribution in [3.05, 3.63) is 52.9 Å². The fourth-order valence-corrected chi connectivity index (χ4v) is 4.25. The summed E-state index contributed by atoms with van der Waals surface area (Å²) in [7, 11) is -2.22. The first kappa shape index (κ1) is 22.9. The van der Waals surface area contributed by atoms with Gasteiger partial charge in [-0.3, -0.25) is 4.79 Å². The van der Waals surface area contributed by atoms with Gasteiger partial charge in [0.2, 0.25) is 10.0 Å². The number of benzene rings is 1. The maximum atomic E-state index is 12.6. The van der Waals surface area contributed by atoms with E-state index in [0.717, 1.165) is 6.07 Å². The largest absolute Gasteiger partial charge is 0.467 e. The number of likely N-dealkylation sites (N-methyl/N-ethyl adjacent to an activating group) is 1. The molecule has 0 atom stereocenters. The number of carbonyl (C=O) groups excluding carboxylic acids is 2. The van der Waals surface area contributed by atoms with E-state index in [1.54, 1.807) is 33.0 Å². The smallest absolute Gasteiger partial charge is 0.340 e. The zero-order chi connectivity index (χ0) is 21.6. The van der Waals surface area contributed by atoms with Crippen LogP contribution in [0.3, 0.4) is 0 Å². The van der Waals surface area contributed by atoms with Crippen molar-refractivity contribution >= 4 is 33.5 Å². The fourth-order valence-electron chi connectivity index (χ4n) is 2.57. The maximum Gasteiger partial charge on any atom is 0.340 e. The van der Waals surface area contributed by atoms with Crippen LogP contribution in [0.2, 0.25) is 5.02 Å². The van der Waals surface area contributed by atoms with Crippen LogP contribution in [0.4, 0.5) is 0 Å². The quantitative estimate of drug-likeness (QED) is 0.554. The Hall–Kier alpha value is -2.36. The van der Waals surface area contributed by atoms with Crippen LogP contribution in [0.1, 0.15) is 30.0 Å². The Labute approximate surface area is 175 Å². The van der Waals surface area contributed by atoms with Gasteiger partial charge in [-0.1, -0.05) is 25.4 Å². The summed E-state index contributed by atoms with van der Waals surface area (Å²) in [6.07, 6.45) is 1.49. The lowest BCUT2D eigenvalue weighted by molar-refractivity contribution is -0.133. The molecule has 158 valence electrons. The van der Waals surface area contributed by atoms with E-state index < -0.39 is 28.5 Å². The van der Waals surface area contributed by atoms with Crippen molar-refractivity contribution < 1.29 is 27.2 Å². The van der Waals surface area contributed by atoms with Gasteiger partial charge in [0.25, 0.3) is 5.91 Å². The summed E-state index contributed by atoms with van der Waals surface area (Å²) in [4.78, 5) is 25.8. The van der Waals surface area contributed by atoms with Crippen LogP contribution in [0.5, 0.6) is 0 Å².